The molecule has 100 valence electrons. The molecule has 1 aliphatic rings. The topological polar surface area (TPSA) is 58.6 Å². The van der Waals surface area contributed by atoms with Crippen LogP contribution in [0, 0.1) is 5.92 Å². The Morgan fingerprint density at radius 1 is 1.47 bits per heavy atom. The van der Waals surface area contributed by atoms with Gasteiger partial charge in [-0.15, -0.1) is 0 Å². The lowest BCUT2D eigenvalue weighted by Crippen LogP contribution is -2.52. The molecule has 1 fully saturated rings. The molecular weight excluding hydrogens is 218 g/mol. The Morgan fingerprint density at radius 2 is 2.12 bits per heavy atom. The van der Waals surface area contributed by atoms with Crippen molar-refractivity contribution in [1.29, 1.82) is 0 Å². The zero-order valence-corrected chi connectivity index (χ0v) is 11.2. The zero-order valence-electron chi connectivity index (χ0n) is 11.2. The number of hydrogen-bond donors (Lipinski definition) is 2. The van der Waals surface area contributed by atoms with Crippen molar-refractivity contribution in [1.82, 2.24) is 5.32 Å². The lowest BCUT2D eigenvalue weighted by Gasteiger charge is -2.34. The summed E-state index contributed by atoms with van der Waals surface area (Å²) in [5.41, 5.74) is -0.753. The zero-order chi connectivity index (χ0) is 12.9. The van der Waals surface area contributed by atoms with Crippen molar-refractivity contribution in [2.75, 3.05) is 13.7 Å². The highest BCUT2D eigenvalue weighted by Gasteiger charge is 2.34. The van der Waals surface area contributed by atoms with Crippen LogP contribution in [0.2, 0.25) is 0 Å². The van der Waals surface area contributed by atoms with Gasteiger partial charge in [-0.2, -0.15) is 0 Å². The van der Waals surface area contributed by atoms with E-state index in [4.69, 9.17) is 4.74 Å². The second-order valence-corrected chi connectivity index (χ2v) is 5.10. The van der Waals surface area contributed by atoms with Crippen molar-refractivity contribution in [3.63, 3.8) is 0 Å². The highest BCUT2D eigenvalue weighted by molar-refractivity contribution is 5.85. The van der Waals surface area contributed by atoms with Crippen molar-refractivity contribution < 1.29 is 14.6 Å². The molecule has 1 saturated carbocycles. The van der Waals surface area contributed by atoms with Gasteiger partial charge in [0.05, 0.1) is 0 Å². The monoisotopic (exact) mass is 243 g/mol. The summed E-state index contributed by atoms with van der Waals surface area (Å²) < 4.78 is 5.28. The van der Waals surface area contributed by atoms with E-state index in [0.29, 0.717) is 6.42 Å². The van der Waals surface area contributed by atoms with Gasteiger partial charge >= 0.3 is 0 Å². The molecule has 3 unspecified atom stereocenters. The van der Waals surface area contributed by atoms with Gasteiger partial charge in [0.1, 0.15) is 5.60 Å². The van der Waals surface area contributed by atoms with Crippen molar-refractivity contribution in [3.05, 3.63) is 0 Å². The van der Waals surface area contributed by atoms with Crippen LogP contribution < -0.4 is 5.32 Å². The van der Waals surface area contributed by atoms with Gasteiger partial charge in [0.25, 0.3) is 5.91 Å². The molecule has 0 radical (unpaired) electrons. The fourth-order valence-corrected chi connectivity index (χ4v) is 2.33. The quantitative estimate of drug-likeness (QED) is 0.768. The number of rotatable bonds is 5. The molecule has 1 aliphatic carbocycles. The molecule has 0 saturated heterocycles. The predicted molar refractivity (Wildman–Crippen MR) is 66.7 cm³/mol. The van der Waals surface area contributed by atoms with Gasteiger partial charge in [0, 0.05) is 25.7 Å². The molecule has 0 aliphatic heterocycles. The lowest BCUT2D eigenvalue weighted by atomic mass is 9.84. The molecule has 0 aromatic heterocycles. The standard InChI is InChI=1S/C13H25NO3/c1-4-13(2,17-3)12(16)14-11-8-6-5-7-10(11)9-15/h10-11,15H,4-9H2,1-3H3,(H,14,16). The second kappa shape index (κ2) is 6.36. The molecule has 2 N–H and O–H groups in total. The van der Waals surface area contributed by atoms with E-state index in [9.17, 15) is 9.90 Å². The third-order valence-electron chi connectivity index (χ3n) is 4.07. The number of amides is 1. The van der Waals surface area contributed by atoms with E-state index in [-0.39, 0.29) is 24.5 Å². The lowest BCUT2D eigenvalue weighted by molar-refractivity contribution is -0.143. The van der Waals surface area contributed by atoms with E-state index >= 15 is 0 Å². The minimum Gasteiger partial charge on any atom is -0.396 e. The van der Waals surface area contributed by atoms with Crippen LogP contribution in [0.3, 0.4) is 0 Å². The van der Waals surface area contributed by atoms with Gasteiger partial charge in [-0.1, -0.05) is 19.8 Å². The first kappa shape index (κ1) is 14.5. The average molecular weight is 243 g/mol. The van der Waals surface area contributed by atoms with Crippen LogP contribution in [0.15, 0.2) is 0 Å². The molecule has 0 spiro atoms. The van der Waals surface area contributed by atoms with E-state index < -0.39 is 5.60 Å². The Balaban J connectivity index is 2.60. The molecule has 17 heavy (non-hydrogen) atoms. The molecule has 4 heteroatoms. The summed E-state index contributed by atoms with van der Waals surface area (Å²) in [7, 11) is 1.56. The van der Waals surface area contributed by atoms with E-state index in [0.717, 1.165) is 25.7 Å². The molecule has 0 aromatic rings. The summed E-state index contributed by atoms with van der Waals surface area (Å²) in [4.78, 5) is 12.1. The molecule has 0 heterocycles. The maximum Gasteiger partial charge on any atom is 0.252 e. The van der Waals surface area contributed by atoms with Crippen LogP contribution in [0.4, 0.5) is 0 Å². The van der Waals surface area contributed by atoms with Crippen LogP contribution in [0.5, 0.6) is 0 Å². The van der Waals surface area contributed by atoms with Gasteiger partial charge in [-0.05, 0) is 26.2 Å². The minimum atomic E-state index is -0.753. The van der Waals surface area contributed by atoms with Gasteiger partial charge in [-0.25, -0.2) is 0 Å². The highest BCUT2D eigenvalue weighted by Crippen LogP contribution is 2.25. The number of nitrogens with one attached hydrogen (secondary N) is 1. The number of aliphatic hydroxyl groups excluding tert-OH is 1. The molecule has 4 nitrogen and oxygen atoms in total. The number of ether oxygens (including phenoxy) is 1. The maximum atomic E-state index is 12.1. The summed E-state index contributed by atoms with van der Waals surface area (Å²) in [5, 5.41) is 12.3. The number of aliphatic hydroxyl groups is 1. The molecular formula is C13H25NO3. The third-order valence-corrected chi connectivity index (χ3v) is 4.07. The number of carbonyl (C=O) groups is 1. The van der Waals surface area contributed by atoms with E-state index in [1.54, 1.807) is 14.0 Å². The first-order chi connectivity index (χ1) is 8.07. The van der Waals surface area contributed by atoms with E-state index in [1.165, 1.54) is 0 Å². The summed E-state index contributed by atoms with van der Waals surface area (Å²) in [6, 6.07) is 0.0993. The first-order valence-electron chi connectivity index (χ1n) is 6.54. The fourth-order valence-electron chi connectivity index (χ4n) is 2.33. The largest absolute Gasteiger partial charge is 0.396 e. The van der Waals surface area contributed by atoms with Crippen LogP contribution in [0.25, 0.3) is 0 Å². The molecule has 1 amide bonds. The predicted octanol–water partition coefficient (Wildman–Crippen LogP) is 1.47. The third kappa shape index (κ3) is 3.42. The molecule has 0 bridgehead atoms. The fraction of sp³-hybridized carbons (Fsp3) is 0.923. The van der Waals surface area contributed by atoms with E-state index in [2.05, 4.69) is 5.32 Å². The van der Waals surface area contributed by atoms with Gasteiger partial charge < -0.3 is 15.2 Å². The van der Waals surface area contributed by atoms with Crippen molar-refractivity contribution in [2.45, 2.75) is 57.6 Å². The van der Waals surface area contributed by atoms with Gasteiger partial charge in [0.15, 0.2) is 0 Å². The Bertz CT molecular complexity index is 251. The molecule has 1 rings (SSSR count). The average Bonchev–Trinajstić information content (AvgIpc) is 2.38. The number of carbonyl (C=O) groups excluding carboxylic acids is 1. The van der Waals surface area contributed by atoms with Gasteiger partial charge in [-0.3, -0.25) is 4.79 Å². The Hall–Kier alpha value is -0.610. The first-order valence-corrected chi connectivity index (χ1v) is 6.54. The van der Waals surface area contributed by atoms with Crippen molar-refractivity contribution >= 4 is 5.91 Å². The summed E-state index contributed by atoms with van der Waals surface area (Å²) in [5.74, 6) is 0.138. The van der Waals surface area contributed by atoms with Crippen molar-refractivity contribution in [2.24, 2.45) is 5.92 Å². The Labute approximate surface area is 104 Å². The molecule has 0 aromatic carbocycles. The van der Waals surface area contributed by atoms with Crippen LogP contribution in [0.1, 0.15) is 46.0 Å². The van der Waals surface area contributed by atoms with Crippen LogP contribution in [-0.2, 0) is 9.53 Å². The Morgan fingerprint density at radius 3 is 2.65 bits per heavy atom. The second-order valence-electron chi connectivity index (χ2n) is 5.10. The smallest absolute Gasteiger partial charge is 0.252 e. The number of hydrogen-bond acceptors (Lipinski definition) is 3. The SMILES string of the molecule is CCC(C)(OC)C(=O)NC1CCCCC1CO. The molecule has 3 atom stereocenters. The number of methoxy groups -OCH3 is 1. The maximum absolute atomic E-state index is 12.1. The summed E-state index contributed by atoms with van der Waals surface area (Å²) in [6.45, 7) is 3.90. The van der Waals surface area contributed by atoms with Crippen LogP contribution >= 0.6 is 0 Å². The van der Waals surface area contributed by atoms with Crippen LogP contribution in [-0.4, -0.2) is 36.4 Å². The normalized spacial score (nSPS) is 28.5. The summed E-state index contributed by atoms with van der Waals surface area (Å²) >= 11 is 0. The van der Waals surface area contributed by atoms with Crippen molar-refractivity contribution in [3.8, 4) is 0 Å². The summed E-state index contributed by atoms with van der Waals surface area (Å²) in [6.07, 6.45) is 4.87. The van der Waals surface area contributed by atoms with Gasteiger partial charge in [0.2, 0.25) is 0 Å². The Kier molecular flexibility index (Phi) is 5.40. The van der Waals surface area contributed by atoms with E-state index in [1.807, 2.05) is 6.92 Å². The highest BCUT2D eigenvalue weighted by atomic mass is 16.5. The minimum absolute atomic E-state index is 0.0622.